The van der Waals surface area contributed by atoms with Crippen molar-refractivity contribution in [1.82, 2.24) is 0 Å². The van der Waals surface area contributed by atoms with Gasteiger partial charge < -0.3 is 29.8 Å². The molecule has 3 N–H and O–H groups in total. The summed E-state index contributed by atoms with van der Waals surface area (Å²) < 4.78 is 21.8. The average Bonchev–Trinajstić information content (AvgIpc) is 2.64. The predicted molar refractivity (Wildman–Crippen MR) is 63.8 cm³/mol. The van der Waals surface area contributed by atoms with Crippen molar-refractivity contribution >= 4 is 5.91 Å². The monoisotopic (exact) mass is 273 g/mol. The van der Waals surface area contributed by atoms with Gasteiger partial charge in [-0.2, -0.15) is 0 Å². The van der Waals surface area contributed by atoms with Gasteiger partial charge in [0.2, 0.25) is 5.91 Å². The molecule has 19 heavy (non-hydrogen) atoms. The van der Waals surface area contributed by atoms with Crippen molar-refractivity contribution in [1.29, 1.82) is 0 Å². The van der Waals surface area contributed by atoms with E-state index in [1.807, 2.05) is 0 Å². The van der Waals surface area contributed by atoms with E-state index < -0.39 is 42.4 Å². The standard InChI is InChI=1S/C12H19NO6/c1-4-5-16-11-6(14)7-8(9(17-11)10(13)15)19-12(2,3)18-7/h4,6-9,11,14H,1,5H2,2-3H3,(H2,13,15)/t6-,7-,8-,9+,11+/m1/s1. The van der Waals surface area contributed by atoms with Gasteiger partial charge in [-0.25, -0.2) is 0 Å². The Bertz CT molecular complexity index is 371. The Labute approximate surface area is 111 Å². The van der Waals surface area contributed by atoms with Crippen LogP contribution in [0.25, 0.3) is 0 Å². The SMILES string of the molecule is C=CCO[C@H]1O[C@H](C(N)=O)[C@@H]2OC(C)(C)O[C@@H]2[C@H]1O. The summed E-state index contributed by atoms with van der Waals surface area (Å²) in [7, 11) is 0. The molecular formula is C12H19NO6. The van der Waals surface area contributed by atoms with E-state index in [4.69, 9.17) is 24.7 Å². The molecule has 2 aliphatic heterocycles. The van der Waals surface area contributed by atoms with Crippen LogP contribution in [0, 0.1) is 0 Å². The molecule has 2 heterocycles. The molecule has 0 saturated carbocycles. The Kier molecular flexibility index (Phi) is 3.93. The van der Waals surface area contributed by atoms with Gasteiger partial charge in [-0.1, -0.05) is 6.08 Å². The second-order valence-corrected chi connectivity index (χ2v) is 5.00. The Morgan fingerprint density at radius 1 is 1.47 bits per heavy atom. The number of hydrogen-bond acceptors (Lipinski definition) is 6. The van der Waals surface area contributed by atoms with Gasteiger partial charge in [0.1, 0.15) is 18.3 Å². The number of carbonyl (C=O) groups excluding carboxylic acids is 1. The van der Waals surface area contributed by atoms with Crippen LogP contribution in [0.2, 0.25) is 0 Å². The molecule has 5 atom stereocenters. The summed E-state index contributed by atoms with van der Waals surface area (Å²) >= 11 is 0. The number of hydrogen-bond donors (Lipinski definition) is 2. The normalized spacial score (nSPS) is 40.7. The van der Waals surface area contributed by atoms with Crippen LogP contribution in [0.5, 0.6) is 0 Å². The highest BCUT2D eigenvalue weighted by Gasteiger charge is 2.56. The fourth-order valence-electron chi connectivity index (χ4n) is 2.30. The van der Waals surface area contributed by atoms with Gasteiger partial charge in [0, 0.05) is 0 Å². The van der Waals surface area contributed by atoms with E-state index in [0.717, 1.165) is 0 Å². The average molecular weight is 273 g/mol. The molecular weight excluding hydrogens is 254 g/mol. The molecule has 0 bridgehead atoms. The minimum absolute atomic E-state index is 0.175. The molecule has 108 valence electrons. The molecule has 0 aromatic heterocycles. The molecule has 1 amide bonds. The summed E-state index contributed by atoms with van der Waals surface area (Å²) in [4.78, 5) is 11.4. The maximum Gasteiger partial charge on any atom is 0.249 e. The molecule has 0 spiro atoms. The molecule has 0 aromatic carbocycles. The summed E-state index contributed by atoms with van der Waals surface area (Å²) in [6.45, 7) is 7.06. The Morgan fingerprint density at radius 2 is 2.11 bits per heavy atom. The van der Waals surface area contributed by atoms with Crippen LogP contribution in [0.15, 0.2) is 12.7 Å². The van der Waals surface area contributed by atoms with Crippen molar-refractivity contribution < 1.29 is 28.8 Å². The zero-order chi connectivity index (χ0) is 14.2. The number of aliphatic hydroxyl groups excluding tert-OH is 1. The first-order chi connectivity index (χ1) is 8.85. The van der Waals surface area contributed by atoms with Crippen LogP contribution in [0.1, 0.15) is 13.8 Å². The van der Waals surface area contributed by atoms with E-state index in [-0.39, 0.29) is 6.61 Å². The first-order valence-electron chi connectivity index (χ1n) is 6.06. The molecule has 0 aromatic rings. The molecule has 0 radical (unpaired) electrons. The first-order valence-corrected chi connectivity index (χ1v) is 6.06. The zero-order valence-electron chi connectivity index (χ0n) is 10.9. The van der Waals surface area contributed by atoms with Gasteiger partial charge in [0.05, 0.1) is 6.61 Å². The van der Waals surface area contributed by atoms with Crippen LogP contribution in [0.4, 0.5) is 0 Å². The largest absolute Gasteiger partial charge is 0.385 e. The summed E-state index contributed by atoms with van der Waals surface area (Å²) in [6.07, 6.45) is -3.05. The first kappa shape index (κ1) is 14.4. The third-order valence-corrected chi connectivity index (χ3v) is 3.02. The minimum atomic E-state index is -1.07. The lowest BCUT2D eigenvalue weighted by Crippen LogP contribution is -2.60. The van der Waals surface area contributed by atoms with Crippen molar-refractivity contribution in [3.05, 3.63) is 12.7 Å². The maximum absolute atomic E-state index is 11.4. The summed E-state index contributed by atoms with van der Waals surface area (Å²) in [5, 5.41) is 10.2. The van der Waals surface area contributed by atoms with Gasteiger partial charge >= 0.3 is 0 Å². The third-order valence-electron chi connectivity index (χ3n) is 3.02. The zero-order valence-corrected chi connectivity index (χ0v) is 10.9. The lowest BCUT2D eigenvalue weighted by atomic mass is 9.98. The van der Waals surface area contributed by atoms with Gasteiger partial charge in [0.15, 0.2) is 18.2 Å². The summed E-state index contributed by atoms with van der Waals surface area (Å²) in [6, 6.07) is 0. The van der Waals surface area contributed by atoms with Gasteiger partial charge in [-0.15, -0.1) is 6.58 Å². The molecule has 7 heteroatoms. The molecule has 0 aliphatic carbocycles. The number of rotatable bonds is 4. The van der Waals surface area contributed by atoms with Crippen molar-refractivity contribution in [2.24, 2.45) is 5.73 Å². The van der Waals surface area contributed by atoms with Crippen molar-refractivity contribution in [3.63, 3.8) is 0 Å². The quantitative estimate of drug-likeness (QED) is 0.656. The molecule has 7 nitrogen and oxygen atoms in total. The smallest absolute Gasteiger partial charge is 0.249 e. The molecule has 2 aliphatic rings. The summed E-state index contributed by atoms with van der Waals surface area (Å²) in [5.74, 6) is -1.60. The van der Waals surface area contributed by atoms with Gasteiger partial charge in [-0.3, -0.25) is 4.79 Å². The van der Waals surface area contributed by atoms with Gasteiger partial charge in [-0.05, 0) is 13.8 Å². The van der Waals surface area contributed by atoms with Crippen LogP contribution in [-0.4, -0.2) is 54.1 Å². The number of nitrogens with two attached hydrogens (primary N) is 1. The lowest BCUT2D eigenvalue weighted by molar-refractivity contribution is -0.268. The van der Waals surface area contributed by atoms with E-state index in [1.54, 1.807) is 13.8 Å². The number of fused-ring (bicyclic) bond motifs is 1. The van der Waals surface area contributed by atoms with E-state index in [9.17, 15) is 9.90 Å². The van der Waals surface area contributed by atoms with E-state index in [0.29, 0.717) is 0 Å². The fourth-order valence-corrected chi connectivity index (χ4v) is 2.30. The molecule has 0 unspecified atom stereocenters. The lowest BCUT2D eigenvalue weighted by Gasteiger charge is -2.38. The molecule has 2 fully saturated rings. The number of carbonyl (C=O) groups is 1. The van der Waals surface area contributed by atoms with Crippen LogP contribution in [0.3, 0.4) is 0 Å². The number of primary amides is 1. The number of amides is 1. The number of ether oxygens (including phenoxy) is 4. The Balaban J connectivity index is 2.18. The Hall–Kier alpha value is -0.990. The highest BCUT2D eigenvalue weighted by molar-refractivity contribution is 5.80. The second kappa shape index (κ2) is 5.18. The topological polar surface area (TPSA) is 100 Å². The van der Waals surface area contributed by atoms with Crippen LogP contribution in [-0.2, 0) is 23.7 Å². The fraction of sp³-hybridized carbons (Fsp3) is 0.750. The third kappa shape index (κ3) is 2.80. The number of aliphatic hydroxyl groups is 1. The van der Waals surface area contributed by atoms with Crippen LogP contribution >= 0.6 is 0 Å². The van der Waals surface area contributed by atoms with Crippen LogP contribution < -0.4 is 5.73 Å². The Morgan fingerprint density at radius 3 is 2.68 bits per heavy atom. The van der Waals surface area contributed by atoms with Crippen molar-refractivity contribution in [2.45, 2.75) is 50.3 Å². The van der Waals surface area contributed by atoms with E-state index in [1.165, 1.54) is 6.08 Å². The molecule has 2 rings (SSSR count). The van der Waals surface area contributed by atoms with E-state index in [2.05, 4.69) is 6.58 Å². The molecule has 2 saturated heterocycles. The second-order valence-electron chi connectivity index (χ2n) is 5.00. The van der Waals surface area contributed by atoms with Crippen molar-refractivity contribution in [2.75, 3.05) is 6.61 Å². The maximum atomic E-state index is 11.4. The minimum Gasteiger partial charge on any atom is -0.385 e. The van der Waals surface area contributed by atoms with Gasteiger partial charge in [0.25, 0.3) is 0 Å². The summed E-state index contributed by atoms with van der Waals surface area (Å²) in [5.41, 5.74) is 5.29. The predicted octanol–water partition coefficient (Wildman–Crippen LogP) is -0.720. The van der Waals surface area contributed by atoms with E-state index >= 15 is 0 Å². The van der Waals surface area contributed by atoms with Crippen molar-refractivity contribution in [3.8, 4) is 0 Å². The highest BCUT2D eigenvalue weighted by Crippen LogP contribution is 2.37. The highest BCUT2D eigenvalue weighted by atomic mass is 16.8.